The summed E-state index contributed by atoms with van der Waals surface area (Å²) in [6.07, 6.45) is 0. The molecule has 0 amide bonds. The average molecular weight is 187 g/mol. The number of hydrogen-bond acceptors (Lipinski definition) is 3. The van der Waals surface area contributed by atoms with Crippen molar-refractivity contribution in [2.75, 3.05) is 39.5 Å². The van der Waals surface area contributed by atoms with Gasteiger partial charge in [-0.05, 0) is 5.92 Å². The van der Waals surface area contributed by atoms with Crippen molar-refractivity contribution in [3.63, 3.8) is 0 Å². The highest BCUT2D eigenvalue weighted by Gasteiger charge is 2.26. The first-order chi connectivity index (χ1) is 6.22. The molecular weight excluding hydrogens is 166 g/mol. The fourth-order valence-corrected chi connectivity index (χ4v) is 1.76. The Morgan fingerprint density at radius 2 is 2.15 bits per heavy atom. The third kappa shape index (κ3) is 4.07. The van der Waals surface area contributed by atoms with Crippen molar-refractivity contribution < 1.29 is 9.84 Å². The topological polar surface area (TPSA) is 32.7 Å². The number of hydrogen-bond donors (Lipinski definition) is 1. The monoisotopic (exact) mass is 187 g/mol. The van der Waals surface area contributed by atoms with Crippen molar-refractivity contribution in [2.45, 2.75) is 13.8 Å². The third-order valence-electron chi connectivity index (χ3n) is 2.25. The van der Waals surface area contributed by atoms with Gasteiger partial charge in [-0.15, -0.1) is 0 Å². The van der Waals surface area contributed by atoms with Crippen LogP contribution in [-0.2, 0) is 4.74 Å². The minimum absolute atomic E-state index is 0.141. The zero-order chi connectivity index (χ0) is 9.68. The van der Waals surface area contributed by atoms with Crippen molar-refractivity contribution in [3.8, 4) is 0 Å². The Balaban J connectivity index is 1.92. The van der Waals surface area contributed by atoms with Crippen LogP contribution in [0.1, 0.15) is 13.8 Å². The molecular formula is C10H21NO2. The first kappa shape index (κ1) is 11.0. The summed E-state index contributed by atoms with van der Waals surface area (Å²) in [4.78, 5) is 2.46. The molecule has 1 heterocycles. The Kier molecular flexibility index (Phi) is 4.70. The quantitative estimate of drug-likeness (QED) is 0.618. The van der Waals surface area contributed by atoms with E-state index in [2.05, 4.69) is 18.7 Å². The Labute approximate surface area is 80.7 Å². The molecule has 1 aliphatic rings. The van der Waals surface area contributed by atoms with Crippen molar-refractivity contribution in [1.82, 2.24) is 4.90 Å². The molecule has 1 rings (SSSR count). The average Bonchev–Trinajstić information content (AvgIpc) is 1.99. The predicted molar refractivity (Wildman–Crippen MR) is 52.7 cm³/mol. The molecule has 1 aliphatic heterocycles. The fraction of sp³-hybridized carbons (Fsp3) is 1.00. The fourth-order valence-electron chi connectivity index (χ4n) is 1.76. The Morgan fingerprint density at radius 3 is 2.69 bits per heavy atom. The van der Waals surface area contributed by atoms with E-state index in [4.69, 9.17) is 9.84 Å². The molecule has 0 radical (unpaired) electrons. The minimum Gasteiger partial charge on any atom is -0.394 e. The summed E-state index contributed by atoms with van der Waals surface area (Å²) in [6.45, 7) is 9.48. The van der Waals surface area contributed by atoms with Gasteiger partial charge >= 0.3 is 0 Å². The van der Waals surface area contributed by atoms with Crippen molar-refractivity contribution in [1.29, 1.82) is 0 Å². The second-order valence-electron chi connectivity index (χ2n) is 4.28. The van der Waals surface area contributed by atoms with E-state index in [0.717, 1.165) is 12.5 Å². The van der Waals surface area contributed by atoms with E-state index in [1.54, 1.807) is 0 Å². The van der Waals surface area contributed by atoms with E-state index in [-0.39, 0.29) is 6.61 Å². The summed E-state index contributed by atoms with van der Waals surface area (Å²) < 4.78 is 5.26. The van der Waals surface area contributed by atoms with Crippen molar-refractivity contribution in [2.24, 2.45) is 11.8 Å². The first-order valence-corrected chi connectivity index (χ1v) is 5.13. The molecule has 0 aromatic carbocycles. The van der Waals surface area contributed by atoms with Crippen LogP contribution < -0.4 is 0 Å². The Hall–Kier alpha value is -0.120. The van der Waals surface area contributed by atoms with Gasteiger partial charge in [0.05, 0.1) is 19.8 Å². The van der Waals surface area contributed by atoms with Crippen LogP contribution in [0.15, 0.2) is 0 Å². The number of likely N-dealkylation sites (tertiary alicyclic amines) is 1. The zero-order valence-electron chi connectivity index (χ0n) is 8.70. The molecule has 13 heavy (non-hydrogen) atoms. The summed E-state index contributed by atoms with van der Waals surface area (Å²) in [5.74, 6) is 1.46. The van der Waals surface area contributed by atoms with Crippen LogP contribution in [0.2, 0.25) is 0 Å². The molecule has 0 saturated carbocycles. The maximum atomic E-state index is 8.51. The van der Waals surface area contributed by atoms with Gasteiger partial charge in [-0.2, -0.15) is 0 Å². The lowest BCUT2D eigenvalue weighted by Gasteiger charge is -2.40. The number of ether oxygens (including phenoxy) is 1. The van der Waals surface area contributed by atoms with Gasteiger partial charge in [0.25, 0.3) is 0 Å². The molecule has 3 heteroatoms. The molecule has 0 bridgehead atoms. The largest absolute Gasteiger partial charge is 0.394 e. The van der Waals surface area contributed by atoms with E-state index < -0.39 is 0 Å². The van der Waals surface area contributed by atoms with E-state index >= 15 is 0 Å². The van der Waals surface area contributed by atoms with Gasteiger partial charge in [-0.3, -0.25) is 0 Å². The molecule has 0 spiro atoms. The minimum atomic E-state index is 0.141. The normalized spacial score (nSPS) is 19.4. The molecule has 0 unspecified atom stereocenters. The number of aliphatic hydroxyl groups excluding tert-OH is 1. The van der Waals surface area contributed by atoms with Gasteiger partial charge in [-0.1, -0.05) is 13.8 Å². The number of aliphatic hydroxyl groups is 1. The molecule has 1 N–H and O–H groups in total. The second kappa shape index (κ2) is 5.58. The molecule has 0 atom stereocenters. The highest BCUT2D eigenvalue weighted by atomic mass is 16.5. The van der Waals surface area contributed by atoms with Crippen molar-refractivity contribution >= 4 is 0 Å². The van der Waals surface area contributed by atoms with E-state index in [0.29, 0.717) is 12.5 Å². The van der Waals surface area contributed by atoms with Gasteiger partial charge < -0.3 is 14.7 Å². The maximum absolute atomic E-state index is 8.51. The summed E-state index contributed by atoms with van der Waals surface area (Å²) in [7, 11) is 0. The third-order valence-corrected chi connectivity index (χ3v) is 2.25. The molecule has 78 valence electrons. The van der Waals surface area contributed by atoms with E-state index in [1.807, 2.05) is 0 Å². The Bertz CT molecular complexity index is 133. The lowest BCUT2D eigenvalue weighted by molar-refractivity contribution is -0.000263. The Morgan fingerprint density at radius 1 is 1.46 bits per heavy atom. The van der Waals surface area contributed by atoms with Gasteiger partial charge in [-0.25, -0.2) is 0 Å². The highest BCUT2D eigenvalue weighted by molar-refractivity contribution is 4.79. The van der Waals surface area contributed by atoms with Gasteiger partial charge in [0.15, 0.2) is 0 Å². The summed E-state index contributed by atoms with van der Waals surface area (Å²) in [5, 5.41) is 8.51. The highest BCUT2D eigenvalue weighted by Crippen LogP contribution is 2.16. The lowest BCUT2D eigenvalue weighted by atomic mass is 10.00. The number of nitrogens with zero attached hydrogens (tertiary/aromatic N) is 1. The lowest BCUT2D eigenvalue weighted by Crippen LogP contribution is -2.49. The van der Waals surface area contributed by atoms with Crippen LogP contribution in [-0.4, -0.2) is 49.5 Å². The molecule has 0 aromatic heterocycles. The molecule has 1 saturated heterocycles. The first-order valence-electron chi connectivity index (χ1n) is 5.13. The summed E-state index contributed by atoms with van der Waals surface area (Å²) in [5.41, 5.74) is 0. The van der Waals surface area contributed by atoms with Crippen molar-refractivity contribution in [3.05, 3.63) is 0 Å². The molecule has 1 fully saturated rings. The molecule has 0 aliphatic carbocycles. The van der Waals surface area contributed by atoms with Gasteiger partial charge in [0, 0.05) is 25.6 Å². The van der Waals surface area contributed by atoms with Crippen LogP contribution in [0.4, 0.5) is 0 Å². The molecule has 3 nitrogen and oxygen atoms in total. The smallest absolute Gasteiger partial charge is 0.0697 e. The predicted octanol–water partition coefficient (Wildman–Crippen LogP) is 0.583. The van der Waals surface area contributed by atoms with Crippen LogP contribution in [0.5, 0.6) is 0 Å². The summed E-state index contributed by atoms with van der Waals surface area (Å²) >= 11 is 0. The molecule has 0 aromatic rings. The standard InChI is InChI=1S/C10H21NO2/c1-9(2)5-11-6-10(7-11)8-13-4-3-12/h9-10,12H,3-8H2,1-2H3. The summed E-state index contributed by atoms with van der Waals surface area (Å²) in [6, 6.07) is 0. The van der Waals surface area contributed by atoms with Crippen LogP contribution in [0, 0.1) is 11.8 Å². The second-order valence-corrected chi connectivity index (χ2v) is 4.28. The van der Waals surface area contributed by atoms with Crippen LogP contribution in [0.3, 0.4) is 0 Å². The zero-order valence-corrected chi connectivity index (χ0v) is 8.70. The number of rotatable bonds is 6. The van der Waals surface area contributed by atoms with E-state index in [1.165, 1.54) is 19.6 Å². The van der Waals surface area contributed by atoms with Gasteiger partial charge in [0.2, 0.25) is 0 Å². The maximum Gasteiger partial charge on any atom is 0.0697 e. The van der Waals surface area contributed by atoms with E-state index in [9.17, 15) is 0 Å². The van der Waals surface area contributed by atoms with Gasteiger partial charge in [0.1, 0.15) is 0 Å². The SMILES string of the molecule is CC(C)CN1CC(COCCO)C1. The van der Waals surface area contributed by atoms with Crippen LogP contribution in [0.25, 0.3) is 0 Å². The van der Waals surface area contributed by atoms with Crippen LogP contribution >= 0.6 is 0 Å².